The van der Waals surface area contributed by atoms with Gasteiger partial charge in [-0.1, -0.05) is 19.1 Å². The second-order valence-electron chi connectivity index (χ2n) is 3.24. The summed E-state index contributed by atoms with van der Waals surface area (Å²) in [5, 5.41) is 7.24. The highest BCUT2D eigenvalue weighted by Gasteiger charge is 2.10. The third-order valence-electron chi connectivity index (χ3n) is 2.08. The molecule has 0 spiro atoms. The first-order valence-electron chi connectivity index (χ1n) is 5.19. The number of nitrogens with one attached hydrogen (secondary N) is 1. The van der Waals surface area contributed by atoms with Gasteiger partial charge in [-0.2, -0.15) is 0 Å². The molecule has 0 aliphatic heterocycles. The predicted octanol–water partition coefficient (Wildman–Crippen LogP) is 1.77. The molecule has 1 heterocycles. The van der Waals surface area contributed by atoms with Gasteiger partial charge < -0.3 is 0 Å². The second kappa shape index (κ2) is 5.49. The lowest BCUT2D eigenvalue weighted by molar-refractivity contribution is 0.100. The van der Waals surface area contributed by atoms with Crippen molar-refractivity contribution in [1.82, 2.24) is 14.9 Å². The number of rotatable bonds is 4. The highest BCUT2D eigenvalue weighted by Crippen LogP contribution is 2.22. The van der Waals surface area contributed by atoms with Crippen molar-refractivity contribution >= 4 is 17.7 Å². The van der Waals surface area contributed by atoms with Crippen LogP contribution in [0.3, 0.4) is 0 Å². The highest BCUT2D eigenvalue weighted by atomic mass is 32.2. The summed E-state index contributed by atoms with van der Waals surface area (Å²) in [5.74, 6) is 0.762. The van der Waals surface area contributed by atoms with Crippen molar-refractivity contribution in [1.29, 1.82) is 0 Å². The van der Waals surface area contributed by atoms with E-state index in [4.69, 9.17) is 0 Å². The van der Waals surface area contributed by atoms with Crippen molar-refractivity contribution in [3.63, 3.8) is 0 Å². The van der Waals surface area contributed by atoms with E-state index in [1.54, 1.807) is 17.8 Å². The Balaban J connectivity index is 2.18. The van der Waals surface area contributed by atoms with Gasteiger partial charge in [0.2, 0.25) is 0 Å². The first-order valence-corrected chi connectivity index (χ1v) is 6.17. The van der Waals surface area contributed by atoms with E-state index in [-0.39, 0.29) is 5.91 Å². The van der Waals surface area contributed by atoms with Gasteiger partial charge in [-0.15, -0.1) is 22.0 Å². The molecule has 2 rings (SSSR count). The fourth-order valence-corrected chi connectivity index (χ4v) is 2.17. The number of aromatic nitrogens is 3. The van der Waals surface area contributed by atoms with E-state index in [0.29, 0.717) is 5.56 Å². The number of thioether (sulfide) groups is 1. The third kappa shape index (κ3) is 2.85. The summed E-state index contributed by atoms with van der Waals surface area (Å²) in [6.07, 6.45) is 2.88. The summed E-state index contributed by atoms with van der Waals surface area (Å²) >= 11 is 1.64. The van der Waals surface area contributed by atoms with Crippen LogP contribution in [-0.2, 0) is 0 Å². The Hall–Kier alpha value is -1.82. The summed E-state index contributed by atoms with van der Waals surface area (Å²) < 4.78 is 1.43. The minimum Gasteiger partial charge on any atom is -0.267 e. The van der Waals surface area contributed by atoms with Crippen molar-refractivity contribution in [2.24, 2.45) is 0 Å². The summed E-state index contributed by atoms with van der Waals surface area (Å²) in [6.45, 7) is 2.05. The molecular formula is C11H12N4OS. The van der Waals surface area contributed by atoms with Crippen LogP contribution in [0.25, 0.3) is 0 Å². The zero-order valence-electron chi connectivity index (χ0n) is 9.33. The van der Waals surface area contributed by atoms with E-state index in [0.717, 1.165) is 10.6 Å². The van der Waals surface area contributed by atoms with E-state index >= 15 is 0 Å². The molecule has 0 saturated heterocycles. The standard InChI is InChI=1S/C11H12N4OS/c1-2-17-10-6-4-3-5-9(10)11(16)14-15-7-12-13-8-15/h3-8H,2H2,1H3,(H,14,16). The molecular weight excluding hydrogens is 236 g/mol. The Morgan fingerprint density at radius 3 is 2.76 bits per heavy atom. The lowest BCUT2D eigenvalue weighted by atomic mass is 10.2. The Morgan fingerprint density at radius 2 is 2.06 bits per heavy atom. The molecule has 1 aromatic heterocycles. The van der Waals surface area contributed by atoms with Crippen LogP contribution in [0.1, 0.15) is 17.3 Å². The third-order valence-corrected chi connectivity index (χ3v) is 3.04. The quantitative estimate of drug-likeness (QED) is 0.838. The summed E-state index contributed by atoms with van der Waals surface area (Å²) in [5.41, 5.74) is 3.34. The van der Waals surface area contributed by atoms with Crippen LogP contribution in [0.15, 0.2) is 41.8 Å². The SMILES string of the molecule is CCSc1ccccc1C(=O)Nn1cnnc1. The van der Waals surface area contributed by atoms with Gasteiger partial charge in [-0.3, -0.25) is 10.2 Å². The maximum Gasteiger partial charge on any atom is 0.271 e. The van der Waals surface area contributed by atoms with Crippen LogP contribution in [0.4, 0.5) is 0 Å². The number of nitrogens with zero attached hydrogens (tertiary/aromatic N) is 3. The lowest BCUT2D eigenvalue weighted by Gasteiger charge is -2.08. The van der Waals surface area contributed by atoms with Crippen molar-refractivity contribution in [2.45, 2.75) is 11.8 Å². The maximum atomic E-state index is 12.0. The minimum absolute atomic E-state index is 0.165. The number of hydrogen-bond acceptors (Lipinski definition) is 4. The molecule has 1 N–H and O–H groups in total. The van der Waals surface area contributed by atoms with Gasteiger partial charge in [-0.05, 0) is 17.9 Å². The molecule has 17 heavy (non-hydrogen) atoms. The summed E-state index contributed by atoms with van der Waals surface area (Å²) in [6, 6.07) is 7.52. The molecule has 0 fully saturated rings. The van der Waals surface area contributed by atoms with Gasteiger partial charge in [0.05, 0.1) is 5.56 Å². The molecule has 0 saturated carbocycles. The van der Waals surface area contributed by atoms with Crippen molar-refractivity contribution in [2.75, 3.05) is 11.2 Å². The van der Waals surface area contributed by atoms with E-state index in [2.05, 4.69) is 22.5 Å². The summed E-state index contributed by atoms with van der Waals surface area (Å²) in [7, 11) is 0. The summed E-state index contributed by atoms with van der Waals surface area (Å²) in [4.78, 5) is 13.0. The smallest absolute Gasteiger partial charge is 0.267 e. The molecule has 0 aliphatic carbocycles. The monoisotopic (exact) mass is 248 g/mol. The van der Waals surface area contributed by atoms with E-state index in [1.807, 2.05) is 18.2 Å². The number of benzene rings is 1. The minimum atomic E-state index is -0.165. The molecule has 0 bridgehead atoms. The van der Waals surface area contributed by atoms with Gasteiger partial charge in [0.1, 0.15) is 12.7 Å². The zero-order valence-corrected chi connectivity index (χ0v) is 10.1. The number of carbonyl (C=O) groups excluding carboxylic acids is 1. The zero-order chi connectivity index (χ0) is 12.1. The first-order chi connectivity index (χ1) is 8.31. The van der Waals surface area contributed by atoms with Crippen LogP contribution < -0.4 is 5.43 Å². The molecule has 0 unspecified atom stereocenters. The Kier molecular flexibility index (Phi) is 3.77. The molecule has 0 aliphatic rings. The van der Waals surface area contributed by atoms with Crippen molar-refractivity contribution < 1.29 is 4.79 Å². The Labute approximate surface area is 103 Å². The van der Waals surface area contributed by atoms with Crippen LogP contribution >= 0.6 is 11.8 Å². The molecule has 88 valence electrons. The number of hydrogen-bond donors (Lipinski definition) is 1. The van der Waals surface area contributed by atoms with Crippen LogP contribution in [-0.4, -0.2) is 26.5 Å². The first kappa shape index (κ1) is 11.7. The van der Waals surface area contributed by atoms with Crippen molar-refractivity contribution in [3.05, 3.63) is 42.5 Å². The van der Waals surface area contributed by atoms with Crippen LogP contribution in [0, 0.1) is 0 Å². The number of amides is 1. The normalized spacial score (nSPS) is 10.2. The van der Waals surface area contributed by atoms with Crippen LogP contribution in [0.2, 0.25) is 0 Å². The molecule has 0 radical (unpaired) electrons. The molecule has 0 atom stereocenters. The molecule has 1 aromatic carbocycles. The highest BCUT2D eigenvalue weighted by molar-refractivity contribution is 7.99. The van der Waals surface area contributed by atoms with E-state index in [9.17, 15) is 4.79 Å². The van der Waals surface area contributed by atoms with E-state index in [1.165, 1.54) is 17.3 Å². The average molecular weight is 248 g/mol. The fourth-order valence-electron chi connectivity index (χ4n) is 1.37. The van der Waals surface area contributed by atoms with Gasteiger partial charge in [0.25, 0.3) is 5.91 Å². The largest absolute Gasteiger partial charge is 0.271 e. The molecule has 2 aromatic rings. The fraction of sp³-hybridized carbons (Fsp3) is 0.182. The second-order valence-corrected chi connectivity index (χ2v) is 4.55. The lowest BCUT2D eigenvalue weighted by Crippen LogP contribution is -2.22. The average Bonchev–Trinajstić information content (AvgIpc) is 2.83. The van der Waals surface area contributed by atoms with Gasteiger partial charge in [0, 0.05) is 4.90 Å². The predicted molar refractivity (Wildman–Crippen MR) is 66.6 cm³/mol. The molecule has 6 heteroatoms. The van der Waals surface area contributed by atoms with Gasteiger partial charge in [0.15, 0.2) is 0 Å². The van der Waals surface area contributed by atoms with Gasteiger partial charge in [-0.25, -0.2) is 4.68 Å². The molecule has 1 amide bonds. The molecule has 5 nitrogen and oxygen atoms in total. The van der Waals surface area contributed by atoms with Crippen molar-refractivity contribution in [3.8, 4) is 0 Å². The Morgan fingerprint density at radius 1 is 1.35 bits per heavy atom. The maximum absolute atomic E-state index is 12.0. The topological polar surface area (TPSA) is 59.8 Å². The van der Waals surface area contributed by atoms with Crippen LogP contribution in [0.5, 0.6) is 0 Å². The Bertz CT molecular complexity index is 498. The van der Waals surface area contributed by atoms with E-state index < -0.39 is 0 Å². The van der Waals surface area contributed by atoms with Gasteiger partial charge >= 0.3 is 0 Å². The number of carbonyl (C=O) groups is 1.